The zero-order valence-electron chi connectivity index (χ0n) is 11.8. The number of aryl methyl sites for hydroxylation is 1. The Morgan fingerprint density at radius 2 is 2.16 bits per heavy atom. The summed E-state index contributed by atoms with van der Waals surface area (Å²) in [4.78, 5) is 6.83. The summed E-state index contributed by atoms with van der Waals surface area (Å²) in [5, 5.41) is 3.21. The number of anilines is 1. The second-order valence-electron chi connectivity index (χ2n) is 4.56. The maximum Gasteiger partial charge on any atom is 0.136 e. The van der Waals surface area contributed by atoms with E-state index >= 15 is 0 Å². The zero-order valence-corrected chi connectivity index (χ0v) is 12.6. The van der Waals surface area contributed by atoms with Crippen LogP contribution < -0.4 is 11.1 Å². The summed E-state index contributed by atoms with van der Waals surface area (Å²) in [5.74, 6) is 0.726. The van der Waals surface area contributed by atoms with Crippen LogP contribution in [0.4, 0.5) is 5.82 Å². The number of aromatic nitrogens is 1. The second kappa shape index (κ2) is 8.04. The van der Waals surface area contributed by atoms with E-state index in [1.54, 1.807) is 0 Å². The Hall–Kier alpha value is -1.24. The summed E-state index contributed by atoms with van der Waals surface area (Å²) in [5.41, 5.74) is 7.36. The molecule has 0 aromatic carbocycles. The number of hydrogen-bond donors (Lipinski definition) is 2. The number of rotatable bonds is 8. The van der Waals surface area contributed by atoms with Crippen LogP contribution in [0.2, 0.25) is 0 Å². The van der Waals surface area contributed by atoms with Gasteiger partial charge in [0, 0.05) is 18.8 Å². The number of likely N-dealkylation sites (N-methyl/N-ethyl adjacent to an activating group) is 1. The van der Waals surface area contributed by atoms with Crippen LogP contribution in [0.1, 0.15) is 11.3 Å². The first-order valence-electron chi connectivity index (χ1n) is 6.24. The van der Waals surface area contributed by atoms with Gasteiger partial charge in [0.1, 0.15) is 10.8 Å². The molecule has 0 aliphatic heterocycles. The molecule has 5 nitrogen and oxygen atoms in total. The quantitative estimate of drug-likeness (QED) is 0.548. The average Bonchev–Trinajstić information content (AvgIpc) is 2.33. The van der Waals surface area contributed by atoms with Gasteiger partial charge in [0.15, 0.2) is 0 Å². The number of nitrogens with zero attached hydrogens (tertiary/aromatic N) is 2. The van der Waals surface area contributed by atoms with Crippen LogP contribution >= 0.6 is 12.2 Å². The maximum absolute atomic E-state index is 5.66. The molecule has 1 aromatic rings. The van der Waals surface area contributed by atoms with E-state index in [0.717, 1.165) is 30.2 Å². The summed E-state index contributed by atoms with van der Waals surface area (Å²) < 4.78 is 5.50. The number of nitrogens with one attached hydrogen (secondary N) is 1. The lowest BCUT2D eigenvalue weighted by atomic mass is 10.2. The third kappa shape index (κ3) is 5.96. The fraction of sp³-hybridized carbons (Fsp3) is 0.538. The Balaban J connectivity index is 2.40. The number of pyridine rings is 1. The monoisotopic (exact) mass is 282 g/mol. The summed E-state index contributed by atoms with van der Waals surface area (Å²) in [6, 6.07) is 3.78. The molecular formula is C13H22N4OS. The Labute approximate surface area is 120 Å². The normalized spacial score (nSPS) is 10.7. The van der Waals surface area contributed by atoms with Gasteiger partial charge < -0.3 is 20.7 Å². The van der Waals surface area contributed by atoms with Crippen LogP contribution in [0.3, 0.4) is 0 Å². The van der Waals surface area contributed by atoms with Crippen LogP contribution in [0.5, 0.6) is 0 Å². The van der Waals surface area contributed by atoms with Crippen molar-refractivity contribution in [3.8, 4) is 0 Å². The SMILES string of the molecule is Cc1ccc(C(N)=S)c(NCCOCCN(C)C)n1. The maximum atomic E-state index is 5.66. The minimum atomic E-state index is 0.350. The predicted octanol–water partition coefficient (Wildman–Crippen LogP) is 1.01. The van der Waals surface area contributed by atoms with Crippen molar-refractivity contribution in [2.45, 2.75) is 6.92 Å². The minimum Gasteiger partial charge on any atom is -0.389 e. The summed E-state index contributed by atoms with van der Waals surface area (Å²) in [6.45, 7) is 4.88. The van der Waals surface area contributed by atoms with E-state index in [0.29, 0.717) is 18.1 Å². The Kier molecular flexibility index (Phi) is 6.69. The molecule has 19 heavy (non-hydrogen) atoms. The zero-order chi connectivity index (χ0) is 14.3. The highest BCUT2D eigenvalue weighted by atomic mass is 32.1. The lowest BCUT2D eigenvalue weighted by molar-refractivity contribution is 0.126. The number of ether oxygens (including phenoxy) is 1. The van der Waals surface area contributed by atoms with Gasteiger partial charge in [0.2, 0.25) is 0 Å². The lowest BCUT2D eigenvalue weighted by Crippen LogP contribution is -2.21. The van der Waals surface area contributed by atoms with Gasteiger partial charge in [-0.2, -0.15) is 0 Å². The molecule has 1 aromatic heterocycles. The van der Waals surface area contributed by atoms with E-state index in [9.17, 15) is 0 Å². The topological polar surface area (TPSA) is 63.4 Å². The van der Waals surface area contributed by atoms with Crippen molar-refractivity contribution in [3.63, 3.8) is 0 Å². The molecule has 0 aliphatic rings. The Bertz CT molecular complexity index is 423. The van der Waals surface area contributed by atoms with Crippen LogP contribution in [-0.2, 0) is 4.74 Å². The fourth-order valence-corrected chi connectivity index (χ4v) is 1.65. The van der Waals surface area contributed by atoms with Crippen molar-refractivity contribution >= 4 is 23.0 Å². The number of hydrogen-bond acceptors (Lipinski definition) is 5. The first kappa shape index (κ1) is 15.8. The van der Waals surface area contributed by atoms with E-state index in [1.807, 2.05) is 33.2 Å². The molecule has 0 atom stereocenters. The summed E-state index contributed by atoms with van der Waals surface area (Å²) in [7, 11) is 4.04. The Morgan fingerprint density at radius 3 is 2.79 bits per heavy atom. The second-order valence-corrected chi connectivity index (χ2v) is 5.00. The third-order valence-electron chi connectivity index (χ3n) is 2.52. The third-order valence-corrected chi connectivity index (χ3v) is 2.74. The molecule has 1 heterocycles. The van der Waals surface area contributed by atoms with Gasteiger partial charge in [-0.3, -0.25) is 0 Å². The van der Waals surface area contributed by atoms with E-state index in [1.165, 1.54) is 0 Å². The van der Waals surface area contributed by atoms with E-state index in [2.05, 4.69) is 15.2 Å². The smallest absolute Gasteiger partial charge is 0.136 e. The standard InChI is InChI=1S/C13H22N4OS/c1-10-4-5-11(12(14)19)13(16-10)15-6-8-18-9-7-17(2)3/h4-5H,6-9H2,1-3H3,(H2,14,19)(H,15,16). The first-order valence-corrected chi connectivity index (χ1v) is 6.65. The molecular weight excluding hydrogens is 260 g/mol. The van der Waals surface area contributed by atoms with Crippen LogP contribution in [-0.4, -0.2) is 55.3 Å². The number of nitrogens with two attached hydrogens (primary N) is 1. The molecule has 0 saturated carbocycles. The molecule has 1 rings (SSSR count). The van der Waals surface area contributed by atoms with Gasteiger partial charge in [-0.15, -0.1) is 0 Å². The molecule has 0 spiro atoms. The van der Waals surface area contributed by atoms with Crippen molar-refractivity contribution in [1.82, 2.24) is 9.88 Å². The predicted molar refractivity (Wildman–Crippen MR) is 82.7 cm³/mol. The first-order chi connectivity index (χ1) is 9.00. The van der Waals surface area contributed by atoms with Crippen molar-refractivity contribution in [2.24, 2.45) is 5.73 Å². The minimum absolute atomic E-state index is 0.350. The fourth-order valence-electron chi connectivity index (χ4n) is 1.48. The van der Waals surface area contributed by atoms with Crippen molar-refractivity contribution in [1.29, 1.82) is 0 Å². The van der Waals surface area contributed by atoms with Crippen molar-refractivity contribution in [2.75, 3.05) is 45.7 Å². The van der Waals surface area contributed by atoms with Crippen LogP contribution in [0.25, 0.3) is 0 Å². The van der Waals surface area contributed by atoms with Gasteiger partial charge in [0.25, 0.3) is 0 Å². The van der Waals surface area contributed by atoms with Gasteiger partial charge in [-0.1, -0.05) is 12.2 Å². The molecule has 0 aliphatic carbocycles. The van der Waals surface area contributed by atoms with Gasteiger partial charge >= 0.3 is 0 Å². The molecule has 0 saturated heterocycles. The van der Waals surface area contributed by atoms with Gasteiger partial charge in [0.05, 0.1) is 18.8 Å². The molecule has 3 N–H and O–H groups in total. The molecule has 0 fully saturated rings. The Morgan fingerprint density at radius 1 is 1.42 bits per heavy atom. The highest BCUT2D eigenvalue weighted by Crippen LogP contribution is 2.12. The van der Waals surface area contributed by atoms with Crippen molar-refractivity contribution in [3.05, 3.63) is 23.4 Å². The largest absolute Gasteiger partial charge is 0.389 e. The summed E-state index contributed by atoms with van der Waals surface area (Å²) in [6.07, 6.45) is 0. The van der Waals surface area contributed by atoms with Gasteiger partial charge in [-0.25, -0.2) is 4.98 Å². The lowest BCUT2D eigenvalue weighted by Gasteiger charge is -2.12. The van der Waals surface area contributed by atoms with E-state index < -0.39 is 0 Å². The molecule has 0 unspecified atom stereocenters. The van der Waals surface area contributed by atoms with Crippen LogP contribution in [0, 0.1) is 6.92 Å². The molecule has 6 heteroatoms. The average molecular weight is 282 g/mol. The van der Waals surface area contributed by atoms with Crippen LogP contribution in [0.15, 0.2) is 12.1 Å². The van der Waals surface area contributed by atoms with E-state index in [-0.39, 0.29) is 0 Å². The molecule has 0 radical (unpaired) electrons. The van der Waals surface area contributed by atoms with Crippen molar-refractivity contribution < 1.29 is 4.74 Å². The summed E-state index contributed by atoms with van der Waals surface area (Å²) >= 11 is 5.00. The van der Waals surface area contributed by atoms with E-state index in [4.69, 9.17) is 22.7 Å². The highest BCUT2D eigenvalue weighted by molar-refractivity contribution is 7.80. The van der Waals surface area contributed by atoms with Gasteiger partial charge in [-0.05, 0) is 33.2 Å². The molecule has 0 bridgehead atoms. The highest BCUT2D eigenvalue weighted by Gasteiger charge is 2.06. The number of thiocarbonyl (C=S) groups is 1. The molecule has 0 amide bonds. The molecule has 106 valence electrons.